The molecule has 0 bridgehead atoms. The number of Topliss-reactive ketones (excluding diaryl/α,β-unsaturated/α-hetero) is 1. The van der Waals surface area contributed by atoms with Crippen LogP contribution in [-0.4, -0.2) is 54.8 Å². The van der Waals surface area contributed by atoms with Crippen LogP contribution in [0.15, 0.2) is 119 Å². The predicted molar refractivity (Wildman–Crippen MR) is 339 cm³/mol. The van der Waals surface area contributed by atoms with E-state index in [2.05, 4.69) is 81.1 Å². The van der Waals surface area contributed by atoms with Crippen molar-refractivity contribution in [1.82, 2.24) is 24.6 Å². The first-order valence-corrected chi connectivity index (χ1v) is 29.9. The standard InChI is InChI=1S/C24H29FN2O2.2C24H27FN2O/c1-6-9-21(19-10-12-20(25)13-11-19)26-27(5)24(29)23(28)22-17(7-2)14-16(4)15-18(22)8-3;1-6-16-13-15(4)14-17(7-2)21(16)22-20(8-3)23(26-27(5)24(22)28)18-9-11-19(25)12-10-18;1-6-16-13-15(4)14-17(7-2)21(16)24(28)23-20(8-3)22(26-27(23)5)18-9-11-19(25)12-10-18/h10-15H,6-9H2,1-5H3;2*9-14H,6-8H2,1-5H3. The molecule has 0 saturated carbocycles. The molecule has 0 aliphatic rings. The quantitative estimate of drug-likeness (QED) is 0.0344. The molecule has 8 aromatic rings. The van der Waals surface area contributed by atoms with E-state index in [9.17, 15) is 32.3 Å². The number of hydrazone groups is 1. The minimum Gasteiger partial charge on any atom is -0.287 e. The second-order valence-corrected chi connectivity index (χ2v) is 21.4. The van der Waals surface area contributed by atoms with Crippen LogP contribution in [0.4, 0.5) is 13.2 Å². The van der Waals surface area contributed by atoms with Gasteiger partial charge in [0.15, 0.2) is 0 Å². The molecule has 0 radical (unpaired) electrons. The summed E-state index contributed by atoms with van der Waals surface area (Å²) in [4.78, 5) is 52.9. The number of benzene rings is 6. The van der Waals surface area contributed by atoms with E-state index in [-0.39, 0.29) is 28.8 Å². The van der Waals surface area contributed by atoms with Crippen LogP contribution in [0, 0.1) is 38.2 Å². The highest BCUT2D eigenvalue weighted by molar-refractivity contribution is 6.43. The van der Waals surface area contributed by atoms with Crippen molar-refractivity contribution in [2.75, 3.05) is 7.05 Å². The van der Waals surface area contributed by atoms with Gasteiger partial charge in [-0.25, -0.2) is 22.9 Å². The second kappa shape index (κ2) is 30.0. The van der Waals surface area contributed by atoms with Gasteiger partial charge in [0.25, 0.3) is 11.3 Å². The number of ketones is 2. The van der Waals surface area contributed by atoms with Gasteiger partial charge < -0.3 is 0 Å². The molecule has 0 aliphatic heterocycles. The Balaban J connectivity index is 0.000000204. The van der Waals surface area contributed by atoms with Crippen molar-refractivity contribution in [2.45, 2.75) is 147 Å². The number of likely N-dealkylation sites (N-methyl/N-ethyl adjacent to an activating group) is 1. The smallest absolute Gasteiger partial charge is 0.287 e. The molecule has 10 nitrogen and oxygen atoms in total. The number of hydrogen-bond acceptors (Lipinski definition) is 7. The SMILES string of the molecule is CCCC(=NN(C)C(=O)C(=O)c1c(CC)cc(C)cc1CC)c1ccc(F)cc1.CCc1cc(C)cc(CC)c1-c1c(CC)c(-c2ccc(F)cc2)nn(C)c1=O.CCc1cc(C)cc(CC)c1C(=O)c1c(CC)c(-c2ccc(F)cc2)nn1C. The van der Waals surface area contributed by atoms with Crippen molar-refractivity contribution in [1.29, 1.82) is 0 Å². The molecular formula is C72H83F3N6O4. The first kappa shape index (κ1) is 65.8. The number of carbonyl (C=O) groups is 3. The molecule has 2 heterocycles. The largest absolute Gasteiger partial charge is 0.314 e. The van der Waals surface area contributed by atoms with Crippen LogP contribution in [0.2, 0.25) is 0 Å². The monoisotopic (exact) mass is 1150 g/mol. The maximum Gasteiger partial charge on any atom is 0.314 e. The van der Waals surface area contributed by atoms with E-state index >= 15 is 0 Å². The number of rotatable bonds is 19. The summed E-state index contributed by atoms with van der Waals surface area (Å²) < 4.78 is 43.1. The van der Waals surface area contributed by atoms with Gasteiger partial charge in [0, 0.05) is 49.0 Å². The molecule has 0 spiro atoms. The fraction of sp³-hybridized carbons (Fsp3) is 0.347. The first-order valence-electron chi connectivity index (χ1n) is 29.9. The summed E-state index contributed by atoms with van der Waals surface area (Å²) in [5.41, 5.74) is 19.7. The maximum atomic E-state index is 13.7. The number of nitrogens with zero attached hydrogens (tertiary/aromatic N) is 6. The van der Waals surface area contributed by atoms with Gasteiger partial charge in [-0.1, -0.05) is 134 Å². The molecule has 0 saturated heterocycles. The van der Waals surface area contributed by atoms with E-state index in [0.717, 1.165) is 121 Å². The molecule has 0 fully saturated rings. The Kier molecular flexibility index (Phi) is 23.2. The van der Waals surface area contributed by atoms with Gasteiger partial charge in [0.1, 0.15) is 23.1 Å². The van der Waals surface area contributed by atoms with E-state index in [1.807, 2.05) is 60.7 Å². The van der Waals surface area contributed by atoms with E-state index in [4.69, 9.17) is 0 Å². The molecule has 0 aliphatic carbocycles. The fourth-order valence-corrected chi connectivity index (χ4v) is 11.3. The highest BCUT2D eigenvalue weighted by Crippen LogP contribution is 2.35. The topological polar surface area (TPSA) is 120 Å². The zero-order valence-electron chi connectivity index (χ0n) is 52.4. The van der Waals surface area contributed by atoms with Gasteiger partial charge in [0.2, 0.25) is 5.78 Å². The maximum absolute atomic E-state index is 13.7. The molecule has 0 unspecified atom stereocenters. The molecule has 0 N–H and O–H groups in total. The van der Waals surface area contributed by atoms with Crippen molar-refractivity contribution in [3.05, 3.63) is 221 Å². The first-order chi connectivity index (χ1) is 40.6. The van der Waals surface area contributed by atoms with E-state index in [1.54, 1.807) is 48.1 Å². The Labute approximate surface area is 500 Å². The van der Waals surface area contributed by atoms with Crippen LogP contribution < -0.4 is 5.56 Å². The van der Waals surface area contributed by atoms with Crippen molar-refractivity contribution in [3.8, 4) is 33.6 Å². The Bertz CT molecular complexity index is 3710. The van der Waals surface area contributed by atoms with Crippen LogP contribution in [0.5, 0.6) is 0 Å². The Morgan fingerprint density at radius 2 is 0.871 bits per heavy atom. The zero-order valence-corrected chi connectivity index (χ0v) is 52.4. The summed E-state index contributed by atoms with van der Waals surface area (Å²) in [6, 6.07) is 31.1. The van der Waals surface area contributed by atoms with Crippen molar-refractivity contribution in [3.63, 3.8) is 0 Å². The lowest BCUT2D eigenvalue weighted by Gasteiger charge is -2.20. The minimum absolute atomic E-state index is 0.0221. The van der Waals surface area contributed by atoms with Crippen LogP contribution >= 0.6 is 0 Å². The van der Waals surface area contributed by atoms with Crippen LogP contribution in [0.1, 0.15) is 168 Å². The third-order valence-electron chi connectivity index (χ3n) is 15.4. The third kappa shape index (κ3) is 15.1. The van der Waals surface area contributed by atoms with Gasteiger partial charge in [-0.15, -0.1) is 0 Å². The summed E-state index contributed by atoms with van der Waals surface area (Å²) >= 11 is 0. The molecule has 0 atom stereocenters. The predicted octanol–water partition coefficient (Wildman–Crippen LogP) is 15.8. The van der Waals surface area contributed by atoms with Gasteiger partial charge >= 0.3 is 5.91 Å². The van der Waals surface area contributed by atoms with Gasteiger partial charge in [-0.05, 0) is 189 Å². The van der Waals surface area contributed by atoms with Crippen LogP contribution in [0.25, 0.3) is 33.6 Å². The molecule has 85 heavy (non-hydrogen) atoms. The van der Waals surface area contributed by atoms with E-state index < -0.39 is 11.7 Å². The summed E-state index contributed by atoms with van der Waals surface area (Å²) in [7, 11) is 4.99. The van der Waals surface area contributed by atoms with Gasteiger partial charge in [-0.2, -0.15) is 15.3 Å². The Morgan fingerprint density at radius 3 is 1.27 bits per heavy atom. The van der Waals surface area contributed by atoms with E-state index in [1.165, 1.54) is 70.4 Å². The average molecular weight is 1150 g/mol. The summed E-state index contributed by atoms with van der Waals surface area (Å²) in [6.07, 6.45) is 7.43. The van der Waals surface area contributed by atoms with Gasteiger partial charge in [-0.3, -0.25) is 23.9 Å². The Hall–Kier alpha value is -8.32. The highest BCUT2D eigenvalue weighted by atomic mass is 19.1. The van der Waals surface area contributed by atoms with Crippen molar-refractivity contribution in [2.24, 2.45) is 19.2 Å². The molecule has 13 heteroatoms. The minimum atomic E-state index is -0.672. The van der Waals surface area contributed by atoms with Gasteiger partial charge in [0.05, 0.1) is 22.7 Å². The normalized spacial score (nSPS) is 11.2. The summed E-state index contributed by atoms with van der Waals surface area (Å²) in [5, 5.41) is 14.7. The molecule has 446 valence electrons. The summed E-state index contributed by atoms with van der Waals surface area (Å²) in [6.45, 7) is 24.6. The number of aromatic nitrogens is 4. The molecule has 6 aromatic carbocycles. The van der Waals surface area contributed by atoms with Crippen LogP contribution in [0.3, 0.4) is 0 Å². The number of halogens is 3. The molecule has 1 amide bonds. The van der Waals surface area contributed by atoms with Crippen LogP contribution in [-0.2, 0) is 70.3 Å². The number of aryl methyl sites for hydroxylation is 11. The van der Waals surface area contributed by atoms with Crippen molar-refractivity contribution >= 4 is 23.2 Å². The average Bonchev–Trinajstić information content (AvgIpc) is 2.75. The summed E-state index contributed by atoms with van der Waals surface area (Å²) in [5.74, 6) is -2.09. The number of carbonyl (C=O) groups excluding carboxylic acids is 3. The molecular weight excluding hydrogens is 1070 g/mol. The molecule has 2 aromatic heterocycles. The zero-order chi connectivity index (χ0) is 62.4. The lowest BCUT2D eigenvalue weighted by atomic mass is 9.86. The number of amides is 1. The van der Waals surface area contributed by atoms with Crippen molar-refractivity contribution < 1.29 is 27.6 Å². The third-order valence-corrected chi connectivity index (χ3v) is 15.4. The second-order valence-electron chi connectivity index (χ2n) is 21.4. The Morgan fingerprint density at radius 1 is 0.494 bits per heavy atom. The lowest BCUT2D eigenvalue weighted by molar-refractivity contribution is -0.125. The highest BCUT2D eigenvalue weighted by Gasteiger charge is 2.28. The number of hydrogen-bond donors (Lipinski definition) is 0. The fourth-order valence-electron chi connectivity index (χ4n) is 11.3. The van der Waals surface area contributed by atoms with E-state index in [0.29, 0.717) is 49.1 Å². The lowest BCUT2D eigenvalue weighted by Crippen LogP contribution is -2.32. The molecule has 8 rings (SSSR count).